The Morgan fingerprint density at radius 2 is 0.829 bits per heavy atom. The van der Waals surface area contributed by atoms with Gasteiger partial charge in [-0.05, 0) is 110 Å². The highest BCUT2D eigenvalue weighted by Crippen LogP contribution is 2.46. The van der Waals surface area contributed by atoms with E-state index in [-0.39, 0.29) is 0 Å². The van der Waals surface area contributed by atoms with Crippen molar-refractivity contribution in [1.29, 1.82) is 0 Å². The van der Waals surface area contributed by atoms with Crippen molar-refractivity contribution >= 4 is 56.3 Å². The highest BCUT2D eigenvalue weighted by atomic mass is 35.5. The third kappa shape index (κ3) is 4.19. The van der Waals surface area contributed by atoms with E-state index in [2.05, 4.69) is 78.9 Å². The topological polar surface area (TPSA) is 0 Å². The van der Waals surface area contributed by atoms with E-state index in [1.54, 1.807) is 0 Å². The molecule has 0 aliphatic carbocycles. The Bertz CT molecular complexity index is 1680. The molecule has 0 atom stereocenters. The molecule has 0 fully saturated rings. The van der Waals surface area contributed by atoms with Crippen LogP contribution in [0.4, 0.5) is 0 Å². The van der Waals surface area contributed by atoms with Crippen LogP contribution in [0.5, 0.6) is 0 Å². The molecule has 0 heterocycles. The average Bonchev–Trinajstić information content (AvgIpc) is 2.88. The van der Waals surface area contributed by atoms with Crippen molar-refractivity contribution in [3.05, 3.63) is 130 Å². The summed E-state index contributed by atoms with van der Waals surface area (Å²) in [6, 6.07) is 39.5. The molecule has 6 rings (SSSR count). The molecule has 168 valence electrons. The highest BCUT2D eigenvalue weighted by molar-refractivity contribution is 6.31. The van der Waals surface area contributed by atoms with E-state index in [1.165, 1.54) is 21.5 Å². The van der Waals surface area contributed by atoms with Crippen LogP contribution in [0.15, 0.2) is 115 Å². The third-order valence-electron chi connectivity index (χ3n) is 6.43. The molecule has 0 saturated carbocycles. The maximum atomic E-state index is 6.28. The molecule has 35 heavy (non-hydrogen) atoms. The van der Waals surface area contributed by atoms with Gasteiger partial charge in [0, 0.05) is 15.1 Å². The van der Waals surface area contributed by atoms with E-state index in [9.17, 15) is 0 Å². The Kier molecular flexibility index (Phi) is 5.74. The van der Waals surface area contributed by atoms with Crippen molar-refractivity contribution < 1.29 is 0 Å². The molecule has 0 aliphatic rings. The van der Waals surface area contributed by atoms with Crippen LogP contribution < -0.4 is 0 Å². The summed E-state index contributed by atoms with van der Waals surface area (Å²) in [4.78, 5) is 0. The van der Waals surface area contributed by atoms with Gasteiger partial charge in [0.2, 0.25) is 0 Å². The van der Waals surface area contributed by atoms with Gasteiger partial charge in [-0.3, -0.25) is 0 Å². The summed E-state index contributed by atoms with van der Waals surface area (Å²) >= 11 is 18.8. The Hall–Kier alpha value is -3.29. The summed E-state index contributed by atoms with van der Waals surface area (Å²) in [7, 11) is 0. The van der Waals surface area contributed by atoms with Crippen molar-refractivity contribution in [2.45, 2.75) is 0 Å². The van der Waals surface area contributed by atoms with Crippen molar-refractivity contribution in [1.82, 2.24) is 0 Å². The first-order valence-electron chi connectivity index (χ1n) is 11.3. The van der Waals surface area contributed by atoms with E-state index in [0.29, 0.717) is 15.1 Å². The zero-order valence-electron chi connectivity index (χ0n) is 18.6. The zero-order valence-corrected chi connectivity index (χ0v) is 20.9. The van der Waals surface area contributed by atoms with Crippen LogP contribution in [0.2, 0.25) is 15.1 Å². The lowest BCUT2D eigenvalue weighted by Gasteiger charge is -2.20. The SMILES string of the molecule is Clc1ccc(-c2cc3cc4ccccc4cc3c(-c3ccc(Cl)cc3)c2-c2ccc(Cl)cc2)cc1. The van der Waals surface area contributed by atoms with Crippen LogP contribution >= 0.6 is 34.8 Å². The Balaban J connectivity index is 1.80. The number of benzene rings is 6. The monoisotopic (exact) mass is 508 g/mol. The van der Waals surface area contributed by atoms with E-state index in [4.69, 9.17) is 34.8 Å². The summed E-state index contributed by atoms with van der Waals surface area (Å²) in [6.07, 6.45) is 0. The second kappa shape index (κ2) is 9.06. The van der Waals surface area contributed by atoms with Gasteiger partial charge in [-0.1, -0.05) is 95.5 Å². The Morgan fingerprint density at radius 3 is 1.37 bits per heavy atom. The molecule has 6 aromatic carbocycles. The van der Waals surface area contributed by atoms with E-state index < -0.39 is 0 Å². The summed E-state index contributed by atoms with van der Waals surface area (Å²) in [5, 5.41) is 6.92. The van der Waals surface area contributed by atoms with E-state index in [1.807, 2.05) is 36.4 Å². The average molecular weight is 510 g/mol. The number of rotatable bonds is 3. The van der Waals surface area contributed by atoms with Gasteiger partial charge in [0.15, 0.2) is 0 Å². The minimum Gasteiger partial charge on any atom is -0.0843 e. The van der Waals surface area contributed by atoms with Crippen molar-refractivity contribution in [2.75, 3.05) is 0 Å². The second-order valence-corrected chi connectivity index (χ2v) is 9.92. The standard InChI is InChI=1S/C32H19Cl3/c33-26-11-5-20(6-12-26)29-19-25-17-23-3-1-2-4-24(23)18-30(25)32(22-9-15-28(35)16-10-22)31(29)21-7-13-27(34)14-8-21/h1-19H. The zero-order chi connectivity index (χ0) is 23.9. The fourth-order valence-corrected chi connectivity index (χ4v) is 5.16. The lowest BCUT2D eigenvalue weighted by molar-refractivity contribution is 1.58. The van der Waals surface area contributed by atoms with Gasteiger partial charge in [-0.15, -0.1) is 0 Å². The lowest BCUT2D eigenvalue weighted by atomic mass is 9.83. The van der Waals surface area contributed by atoms with E-state index in [0.717, 1.165) is 33.4 Å². The van der Waals surface area contributed by atoms with E-state index >= 15 is 0 Å². The molecule has 3 heteroatoms. The molecular formula is C32H19Cl3. The second-order valence-electron chi connectivity index (χ2n) is 8.62. The molecule has 6 aromatic rings. The fraction of sp³-hybridized carbons (Fsp3) is 0. The Morgan fingerprint density at radius 1 is 0.371 bits per heavy atom. The summed E-state index contributed by atoms with van der Waals surface area (Å²) in [5.74, 6) is 0. The third-order valence-corrected chi connectivity index (χ3v) is 7.18. The minimum atomic E-state index is 0.710. The predicted molar refractivity (Wildman–Crippen MR) is 153 cm³/mol. The molecule has 0 amide bonds. The summed E-state index contributed by atoms with van der Waals surface area (Å²) < 4.78 is 0. The van der Waals surface area contributed by atoms with Gasteiger partial charge in [0.25, 0.3) is 0 Å². The molecule has 0 radical (unpaired) electrons. The number of hydrogen-bond donors (Lipinski definition) is 0. The highest BCUT2D eigenvalue weighted by Gasteiger charge is 2.19. The molecule has 0 saturated heterocycles. The van der Waals surface area contributed by atoms with Crippen molar-refractivity contribution in [3.63, 3.8) is 0 Å². The molecule has 0 N–H and O–H groups in total. The van der Waals surface area contributed by atoms with Gasteiger partial charge >= 0.3 is 0 Å². The van der Waals surface area contributed by atoms with Gasteiger partial charge < -0.3 is 0 Å². The number of halogens is 3. The number of fused-ring (bicyclic) bond motifs is 2. The normalized spacial score (nSPS) is 11.3. The van der Waals surface area contributed by atoms with Gasteiger partial charge in [0.05, 0.1) is 0 Å². The van der Waals surface area contributed by atoms with Crippen molar-refractivity contribution in [3.8, 4) is 33.4 Å². The Labute approximate surface area is 219 Å². The fourth-order valence-electron chi connectivity index (χ4n) is 4.78. The summed E-state index contributed by atoms with van der Waals surface area (Å²) in [5.41, 5.74) is 6.75. The molecule has 0 bridgehead atoms. The maximum absolute atomic E-state index is 6.28. The van der Waals surface area contributed by atoms with Gasteiger partial charge in [-0.2, -0.15) is 0 Å². The minimum absolute atomic E-state index is 0.710. The summed E-state index contributed by atoms with van der Waals surface area (Å²) in [6.45, 7) is 0. The van der Waals surface area contributed by atoms with Crippen LogP contribution in [0.1, 0.15) is 0 Å². The quantitative estimate of drug-likeness (QED) is 0.208. The van der Waals surface area contributed by atoms with Crippen LogP contribution in [-0.2, 0) is 0 Å². The largest absolute Gasteiger partial charge is 0.0843 e. The molecular weight excluding hydrogens is 491 g/mol. The molecule has 0 nitrogen and oxygen atoms in total. The first-order chi connectivity index (χ1) is 17.1. The predicted octanol–water partition coefficient (Wildman–Crippen LogP) is 11.0. The first kappa shape index (κ1) is 22.2. The van der Waals surface area contributed by atoms with Crippen LogP contribution in [0.25, 0.3) is 54.9 Å². The van der Waals surface area contributed by atoms with Crippen LogP contribution in [-0.4, -0.2) is 0 Å². The van der Waals surface area contributed by atoms with Gasteiger partial charge in [-0.25, -0.2) is 0 Å². The maximum Gasteiger partial charge on any atom is 0.0406 e. The van der Waals surface area contributed by atoms with Crippen LogP contribution in [0.3, 0.4) is 0 Å². The molecule has 0 spiro atoms. The first-order valence-corrected chi connectivity index (χ1v) is 12.5. The number of hydrogen-bond acceptors (Lipinski definition) is 0. The smallest absolute Gasteiger partial charge is 0.0406 e. The molecule has 0 aliphatic heterocycles. The van der Waals surface area contributed by atoms with Gasteiger partial charge in [0.1, 0.15) is 0 Å². The van der Waals surface area contributed by atoms with Crippen molar-refractivity contribution in [2.24, 2.45) is 0 Å². The van der Waals surface area contributed by atoms with Crippen LogP contribution in [0, 0.1) is 0 Å². The molecule has 0 aromatic heterocycles. The molecule has 0 unspecified atom stereocenters. The lowest BCUT2D eigenvalue weighted by Crippen LogP contribution is -1.93.